The molecule has 2 aromatic carbocycles. The van der Waals surface area contributed by atoms with Gasteiger partial charge in [0.05, 0.1) is 19.1 Å². The van der Waals surface area contributed by atoms with Gasteiger partial charge in [-0.25, -0.2) is 8.42 Å². The molecule has 146 valence electrons. The minimum atomic E-state index is -3.50. The van der Waals surface area contributed by atoms with Crippen LogP contribution in [0.5, 0.6) is 11.5 Å². The zero-order valence-electron chi connectivity index (χ0n) is 16.4. The van der Waals surface area contributed by atoms with Crippen LogP contribution >= 0.6 is 0 Å². The SMILES string of the molecule is CCC1(c2ccc(OC)c(OC)c2)CCN(S(=O)(=O)c2ccc(C)cc2)C1. The maximum Gasteiger partial charge on any atom is 0.243 e. The van der Waals surface area contributed by atoms with E-state index in [-0.39, 0.29) is 5.41 Å². The summed E-state index contributed by atoms with van der Waals surface area (Å²) >= 11 is 0. The van der Waals surface area contributed by atoms with E-state index in [1.807, 2.05) is 37.3 Å². The van der Waals surface area contributed by atoms with E-state index in [0.29, 0.717) is 29.5 Å². The van der Waals surface area contributed by atoms with Crippen LogP contribution in [0, 0.1) is 6.92 Å². The van der Waals surface area contributed by atoms with E-state index in [4.69, 9.17) is 9.47 Å². The first-order valence-electron chi connectivity index (χ1n) is 9.15. The first-order valence-corrected chi connectivity index (χ1v) is 10.6. The molecule has 27 heavy (non-hydrogen) atoms. The van der Waals surface area contributed by atoms with Gasteiger partial charge in [-0.1, -0.05) is 30.7 Å². The van der Waals surface area contributed by atoms with Crippen molar-refractivity contribution in [3.63, 3.8) is 0 Å². The Morgan fingerprint density at radius 1 is 1.04 bits per heavy atom. The van der Waals surface area contributed by atoms with Crippen LogP contribution in [0.3, 0.4) is 0 Å². The molecule has 6 heteroatoms. The monoisotopic (exact) mass is 389 g/mol. The predicted octanol–water partition coefficient (Wildman–Crippen LogP) is 3.75. The van der Waals surface area contributed by atoms with E-state index in [0.717, 1.165) is 24.0 Å². The second-order valence-corrected chi connectivity index (χ2v) is 9.04. The van der Waals surface area contributed by atoms with Gasteiger partial charge in [0.25, 0.3) is 0 Å². The predicted molar refractivity (Wildman–Crippen MR) is 106 cm³/mol. The normalized spacial score (nSPS) is 20.6. The molecule has 0 bridgehead atoms. The van der Waals surface area contributed by atoms with Gasteiger partial charge in [-0.2, -0.15) is 4.31 Å². The smallest absolute Gasteiger partial charge is 0.243 e. The summed E-state index contributed by atoms with van der Waals surface area (Å²) in [4.78, 5) is 0.354. The fourth-order valence-electron chi connectivity index (χ4n) is 3.79. The Morgan fingerprint density at radius 2 is 1.70 bits per heavy atom. The molecule has 1 aliphatic rings. The third-order valence-corrected chi connectivity index (χ3v) is 7.51. The third-order valence-electron chi connectivity index (χ3n) is 5.65. The summed E-state index contributed by atoms with van der Waals surface area (Å²) in [6, 6.07) is 12.9. The minimum Gasteiger partial charge on any atom is -0.493 e. The van der Waals surface area contributed by atoms with Gasteiger partial charge >= 0.3 is 0 Å². The number of methoxy groups -OCH3 is 2. The third kappa shape index (κ3) is 3.56. The lowest BCUT2D eigenvalue weighted by molar-refractivity contribution is 0.351. The zero-order valence-corrected chi connectivity index (χ0v) is 17.2. The van der Waals surface area contributed by atoms with Gasteiger partial charge in [0, 0.05) is 18.5 Å². The second-order valence-electron chi connectivity index (χ2n) is 7.11. The Hall–Kier alpha value is -2.05. The molecule has 3 rings (SSSR count). The van der Waals surface area contributed by atoms with E-state index < -0.39 is 10.0 Å². The molecule has 0 aliphatic carbocycles. The van der Waals surface area contributed by atoms with Crippen molar-refractivity contribution in [3.05, 3.63) is 53.6 Å². The van der Waals surface area contributed by atoms with Crippen molar-refractivity contribution in [2.75, 3.05) is 27.3 Å². The van der Waals surface area contributed by atoms with E-state index >= 15 is 0 Å². The van der Waals surface area contributed by atoms with E-state index in [1.165, 1.54) is 0 Å². The first-order chi connectivity index (χ1) is 12.9. The van der Waals surface area contributed by atoms with E-state index in [1.54, 1.807) is 30.7 Å². The summed E-state index contributed by atoms with van der Waals surface area (Å²) in [6.07, 6.45) is 1.63. The molecule has 1 unspecified atom stereocenters. The molecule has 0 amide bonds. The number of benzene rings is 2. The highest BCUT2D eigenvalue weighted by molar-refractivity contribution is 7.89. The summed E-state index contributed by atoms with van der Waals surface area (Å²) < 4.78 is 38.6. The summed E-state index contributed by atoms with van der Waals surface area (Å²) in [6.45, 7) is 5.04. The second kappa shape index (κ2) is 7.52. The average Bonchev–Trinajstić information content (AvgIpc) is 3.14. The van der Waals surface area contributed by atoms with Crippen LogP contribution < -0.4 is 9.47 Å². The van der Waals surface area contributed by atoms with Gasteiger partial charge in [0.15, 0.2) is 11.5 Å². The maximum absolute atomic E-state index is 13.1. The fourth-order valence-corrected chi connectivity index (χ4v) is 5.32. The summed E-state index contributed by atoms with van der Waals surface area (Å²) in [5, 5.41) is 0. The zero-order chi connectivity index (χ0) is 19.7. The van der Waals surface area contributed by atoms with E-state index in [9.17, 15) is 8.42 Å². The van der Waals surface area contributed by atoms with Gasteiger partial charge in [-0.3, -0.25) is 0 Å². The van der Waals surface area contributed by atoms with Crippen LogP contribution in [0.25, 0.3) is 0 Å². The Kier molecular flexibility index (Phi) is 5.49. The first kappa shape index (κ1) is 19.7. The summed E-state index contributed by atoms with van der Waals surface area (Å²) in [5.74, 6) is 1.34. The number of aryl methyl sites for hydroxylation is 1. The molecule has 5 nitrogen and oxygen atoms in total. The number of hydrogen-bond acceptors (Lipinski definition) is 4. The molecule has 0 radical (unpaired) electrons. The van der Waals surface area contributed by atoms with Gasteiger partial charge in [-0.15, -0.1) is 0 Å². The lowest BCUT2D eigenvalue weighted by Crippen LogP contribution is -2.34. The average molecular weight is 390 g/mol. The number of rotatable bonds is 6. The number of sulfonamides is 1. The van der Waals surface area contributed by atoms with Crippen molar-refractivity contribution in [3.8, 4) is 11.5 Å². The minimum absolute atomic E-state index is 0.225. The highest BCUT2D eigenvalue weighted by Crippen LogP contribution is 2.42. The van der Waals surface area contributed by atoms with Crippen molar-refractivity contribution in [1.29, 1.82) is 0 Å². The van der Waals surface area contributed by atoms with Crippen LogP contribution in [0.1, 0.15) is 30.9 Å². The molecule has 0 spiro atoms. The molecule has 0 saturated carbocycles. The molecule has 1 fully saturated rings. The van der Waals surface area contributed by atoms with Gasteiger partial charge in [0.2, 0.25) is 10.0 Å². The largest absolute Gasteiger partial charge is 0.493 e. The van der Waals surface area contributed by atoms with Crippen molar-refractivity contribution in [2.45, 2.75) is 37.0 Å². The van der Waals surface area contributed by atoms with Crippen molar-refractivity contribution in [2.24, 2.45) is 0 Å². The molecule has 0 N–H and O–H groups in total. The van der Waals surface area contributed by atoms with Gasteiger partial charge < -0.3 is 9.47 Å². The van der Waals surface area contributed by atoms with Crippen LogP contribution in [0.15, 0.2) is 47.4 Å². The quantitative estimate of drug-likeness (QED) is 0.755. The molecule has 1 aliphatic heterocycles. The van der Waals surface area contributed by atoms with Crippen molar-refractivity contribution in [1.82, 2.24) is 4.31 Å². The lowest BCUT2D eigenvalue weighted by atomic mass is 9.77. The van der Waals surface area contributed by atoms with E-state index in [2.05, 4.69) is 6.92 Å². The van der Waals surface area contributed by atoms with Crippen LogP contribution in [0.2, 0.25) is 0 Å². The molecule has 1 atom stereocenters. The Balaban J connectivity index is 1.93. The highest BCUT2D eigenvalue weighted by atomic mass is 32.2. The van der Waals surface area contributed by atoms with Gasteiger partial charge in [-0.05, 0) is 49.6 Å². The molecule has 1 saturated heterocycles. The maximum atomic E-state index is 13.1. The van der Waals surface area contributed by atoms with Crippen LogP contribution in [-0.4, -0.2) is 40.0 Å². The topological polar surface area (TPSA) is 55.8 Å². The van der Waals surface area contributed by atoms with Crippen molar-refractivity contribution >= 4 is 10.0 Å². The van der Waals surface area contributed by atoms with Crippen LogP contribution in [-0.2, 0) is 15.4 Å². The lowest BCUT2D eigenvalue weighted by Gasteiger charge is -2.29. The van der Waals surface area contributed by atoms with Crippen LogP contribution in [0.4, 0.5) is 0 Å². The molecular formula is C21H27NO4S. The Morgan fingerprint density at radius 3 is 2.30 bits per heavy atom. The number of hydrogen-bond donors (Lipinski definition) is 0. The molecule has 0 aromatic heterocycles. The summed E-state index contributed by atoms with van der Waals surface area (Å²) in [7, 11) is -0.272. The Labute approximate surface area is 162 Å². The number of nitrogens with zero attached hydrogens (tertiary/aromatic N) is 1. The molecule has 1 heterocycles. The Bertz CT molecular complexity index is 908. The number of ether oxygens (including phenoxy) is 2. The van der Waals surface area contributed by atoms with Gasteiger partial charge in [0.1, 0.15) is 0 Å². The molecular weight excluding hydrogens is 362 g/mol. The highest BCUT2D eigenvalue weighted by Gasteiger charge is 2.43. The fraction of sp³-hybridized carbons (Fsp3) is 0.429. The standard InChI is InChI=1S/C21H27NO4S/c1-5-21(17-8-11-19(25-3)20(14-17)26-4)12-13-22(15-21)27(23,24)18-9-6-16(2)7-10-18/h6-11,14H,5,12-13,15H2,1-4H3. The molecule has 2 aromatic rings. The van der Waals surface area contributed by atoms with Crippen molar-refractivity contribution < 1.29 is 17.9 Å². The summed E-state index contributed by atoms with van der Waals surface area (Å²) in [5.41, 5.74) is 1.91.